The molecule has 0 bridgehead atoms. The molecule has 7 nitrogen and oxygen atoms in total. The summed E-state index contributed by atoms with van der Waals surface area (Å²) in [6.07, 6.45) is 0.905. The molecule has 0 aliphatic rings. The molecule has 0 aliphatic heterocycles. The monoisotopic (exact) mass is 450 g/mol. The van der Waals surface area contributed by atoms with Crippen LogP contribution >= 0.6 is 15.9 Å². The van der Waals surface area contributed by atoms with Crippen LogP contribution in [0.25, 0.3) is 0 Å². The van der Waals surface area contributed by atoms with Crippen LogP contribution in [0.2, 0.25) is 0 Å². The van der Waals surface area contributed by atoms with Gasteiger partial charge in [-0.1, -0.05) is 25.1 Å². The molecule has 150 valence electrons. The third kappa shape index (κ3) is 6.54. The van der Waals surface area contributed by atoms with Crippen molar-refractivity contribution in [1.82, 2.24) is 10.9 Å². The molecule has 0 heterocycles. The first-order valence-electron chi connectivity index (χ1n) is 8.76. The van der Waals surface area contributed by atoms with Crippen molar-refractivity contribution in [3.63, 3.8) is 0 Å². The topological polar surface area (TPSA) is 85.9 Å². The van der Waals surface area contributed by atoms with Crippen molar-refractivity contribution in [3.8, 4) is 11.5 Å². The zero-order chi connectivity index (χ0) is 20.4. The van der Waals surface area contributed by atoms with Crippen molar-refractivity contribution in [2.75, 3.05) is 26.9 Å². The van der Waals surface area contributed by atoms with Crippen LogP contribution in [-0.4, -0.2) is 38.7 Å². The normalized spacial score (nSPS) is 10.2. The Kier molecular flexibility index (Phi) is 8.77. The first kappa shape index (κ1) is 21.7. The second kappa shape index (κ2) is 11.3. The molecule has 0 spiro atoms. The van der Waals surface area contributed by atoms with E-state index in [4.69, 9.17) is 14.2 Å². The zero-order valence-electron chi connectivity index (χ0n) is 15.8. The fourth-order valence-electron chi connectivity index (χ4n) is 2.27. The van der Waals surface area contributed by atoms with Gasteiger partial charge in [0.2, 0.25) is 0 Å². The van der Waals surface area contributed by atoms with E-state index in [-0.39, 0.29) is 6.61 Å². The number of hydrazine groups is 1. The van der Waals surface area contributed by atoms with Crippen LogP contribution in [0, 0.1) is 0 Å². The fourth-order valence-corrected chi connectivity index (χ4v) is 2.81. The van der Waals surface area contributed by atoms with Gasteiger partial charge < -0.3 is 14.2 Å². The maximum absolute atomic E-state index is 12.3. The Bertz CT molecular complexity index is 813. The molecule has 2 N–H and O–H groups in total. The second-order valence-corrected chi connectivity index (χ2v) is 6.60. The average Bonchev–Trinajstić information content (AvgIpc) is 2.71. The Labute approximate surface area is 172 Å². The molecule has 2 rings (SSSR count). The van der Waals surface area contributed by atoms with E-state index in [2.05, 4.69) is 33.7 Å². The summed E-state index contributed by atoms with van der Waals surface area (Å²) >= 11 is 3.42. The van der Waals surface area contributed by atoms with Crippen molar-refractivity contribution in [1.29, 1.82) is 0 Å². The minimum atomic E-state index is -0.491. The number of halogens is 1. The Balaban J connectivity index is 1.85. The Hall–Kier alpha value is -2.58. The molecule has 0 fully saturated rings. The summed E-state index contributed by atoms with van der Waals surface area (Å²) in [4.78, 5) is 24.3. The van der Waals surface area contributed by atoms with Gasteiger partial charge >= 0.3 is 0 Å². The standard InChI is InChI=1S/C20H23BrN2O5/c1-3-14-8-9-18(16(21)12-14)28-13-19(24)22-23-20(25)15-6-4-5-7-17(15)27-11-10-26-2/h4-9,12H,3,10-11,13H2,1-2H3,(H,22,24)(H,23,25). The predicted molar refractivity (Wildman–Crippen MR) is 108 cm³/mol. The number of rotatable bonds is 9. The van der Waals surface area contributed by atoms with Gasteiger partial charge in [0.25, 0.3) is 11.8 Å². The number of hydrogen-bond acceptors (Lipinski definition) is 5. The molecule has 0 saturated carbocycles. The molecule has 0 saturated heterocycles. The SMILES string of the molecule is CCc1ccc(OCC(=O)NNC(=O)c2ccccc2OCCOC)c(Br)c1. The Morgan fingerprint density at radius 1 is 1.00 bits per heavy atom. The lowest BCUT2D eigenvalue weighted by molar-refractivity contribution is -0.123. The molecular weight excluding hydrogens is 428 g/mol. The van der Waals surface area contributed by atoms with Crippen molar-refractivity contribution in [2.45, 2.75) is 13.3 Å². The maximum atomic E-state index is 12.3. The third-order valence-corrected chi connectivity index (χ3v) is 4.38. The van der Waals surface area contributed by atoms with Gasteiger partial charge in [0.1, 0.15) is 18.1 Å². The number of carbonyl (C=O) groups is 2. The van der Waals surface area contributed by atoms with Crippen LogP contribution in [0.3, 0.4) is 0 Å². The number of amides is 2. The highest BCUT2D eigenvalue weighted by Gasteiger charge is 2.13. The number of carbonyl (C=O) groups excluding carboxylic acids is 2. The molecule has 0 aromatic heterocycles. The van der Waals surface area contributed by atoms with E-state index < -0.39 is 11.8 Å². The van der Waals surface area contributed by atoms with Crippen LogP contribution in [0.5, 0.6) is 11.5 Å². The highest BCUT2D eigenvalue weighted by Crippen LogP contribution is 2.26. The second-order valence-electron chi connectivity index (χ2n) is 5.75. The van der Waals surface area contributed by atoms with E-state index in [1.807, 2.05) is 12.1 Å². The fraction of sp³-hybridized carbons (Fsp3) is 0.300. The number of benzene rings is 2. The predicted octanol–water partition coefficient (Wildman–Crippen LogP) is 2.88. The van der Waals surface area contributed by atoms with Crippen LogP contribution in [0.1, 0.15) is 22.8 Å². The lowest BCUT2D eigenvalue weighted by Crippen LogP contribution is -2.44. The van der Waals surface area contributed by atoms with E-state index in [9.17, 15) is 9.59 Å². The van der Waals surface area contributed by atoms with Crippen molar-refractivity contribution in [3.05, 3.63) is 58.1 Å². The number of aryl methyl sites for hydroxylation is 1. The van der Waals surface area contributed by atoms with Gasteiger partial charge in [-0.25, -0.2) is 0 Å². The summed E-state index contributed by atoms with van der Waals surface area (Å²) in [6.45, 7) is 2.53. The zero-order valence-corrected chi connectivity index (χ0v) is 17.4. The number of ether oxygens (including phenoxy) is 3. The lowest BCUT2D eigenvalue weighted by atomic mass is 10.2. The largest absolute Gasteiger partial charge is 0.490 e. The summed E-state index contributed by atoms with van der Waals surface area (Å²) in [5.74, 6) is -0.0227. The van der Waals surface area contributed by atoms with Gasteiger partial charge in [-0.05, 0) is 52.2 Å². The summed E-state index contributed by atoms with van der Waals surface area (Å²) < 4.78 is 16.7. The number of para-hydroxylation sites is 1. The van der Waals surface area contributed by atoms with Crippen molar-refractivity contribution in [2.24, 2.45) is 0 Å². The van der Waals surface area contributed by atoms with E-state index in [1.54, 1.807) is 37.4 Å². The van der Waals surface area contributed by atoms with E-state index in [0.29, 0.717) is 30.3 Å². The molecule has 2 amide bonds. The molecule has 0 aliphatic carbocycles. The van der Waals surface area contributed by atoms with Gasteiger partial charge in [0.05, 0.1) is 16.6 Å². The summed E-state index contributed by atoms with van der Waals surface area (Å²) in [6, 6.07) is 12.4. The molecule has 28 heavy (non-hydrogen) atoms. The number of nitrogens with one attached hydrogen (secondary N) is 2. The van der Waals surface area contributed by atoms with Crippen LogP contribution < -0.4 is 20.3 Å². The Morgan fingerprint density at radius 2 is 1.79 bits per heavy atom. The van der Waals surface area contributed by atoms with E-state index in [0.717, 1.165) is 16.5 Å². The van der Waals surface area contributed by atoms with Gasteiger partial charge in [0.15, 0.2) is 6.61 Å². The average molecular weight is 451 g/mol. The first-order valence-corrected chi connectivity index (χ1v) is 9.55. The molecular formula is C20H23BrN2O5. The van der Waals surface area contributed by atoms with E-state index >= 15 is 0 Å². The highest BCUT2D eigenvalue weighted by atomic mass is 79.9. The minimum Gasteiger partial charge on any atom is -0.490 e. The smallest absolute Gasteiger partial charge is 0.276 e. The molecule has 0 unspecified atom stereocenters. The summed E-state index contributed by atoms with van der Waals surface area (Å²) in [5.41, 5.74) is 6.14. The Morgan fingerprint density at radius 3 is 2.50 bits per heavy atom. The quantitative estimate of drug-likeness (QED) is 0.453. The summed E-state index contributed by atoms with van der Waals surface area (Å²) in [5, 5.41) is 0. The van der Waals surface area contributed by atoms with Gasteiger partial charge in [0, 0.05) is 7.11 Å². The van der Waals surface area contributed by atoms with Gasteiger partial charge in [-0.3, -0.25) is 20.4 Å². The minimum absolute atomic E-state index is 0.240. The van der Waals surface area contributed by atoms with Gasteiger partial charge in [-0.2, -0.15) is 0 Å². The molecule has 0 atom stereocenters. The summed E-state index contributed by atoms with van der Waals surface area (Å²) in [7, 11) is 1.57. The molecule has 2 aromatic rings. The van der Waals surface area contributed by atoms with Gasteiger partial charge in [-0.15, -0.1) is 0 Å². The lowest BCUT2D eigenvalue weighted by Gasteiger charge is -2.13. The highest BCUT2D eigenvalue weighted by molar-refractivity contribution is 9.10. The molecule has 0 radical (unpaired) electrons. The molecule has 8 heteroatoms. The maximum Gasteiger partial charge on any atom is 0.276 e. The van der Waals surface area contributed by atoms with Crippen LogP contribution in [0.15, 0.2) is 46.9 Å². The first-order chi connectivity index (χ1) is 13.5. The number of hydrogen-bond donors (Lipinski definition) is 2. The van der Waals surface area contributed by atoms with Crippen LogP contribution in [-0.2, 0) is 16.0 Å². The van der Waals surface area contributed by atoms with E-state index in [1.165, 1.54) is 0 Å². The third-order valence-electron chi connectivity index (χ3n) is 3.76. The van der Waals surface area contributed by atoms with Crippen LogP contribution in [0.4, 0.5) is 0 Å². The van der Waals surface area contributed by atoms with Crippen molar-refractivity contribution >= 4 is 27.7 Å². The molecule has 2 aromatic carbocycles. The number of methoxy groups -OCH3 is 1. The van der Waals surface area contributed by atoms with Crippen molar-refractivity contribution < 1.29 is 23.8 Å².